The van der Waals surface area contributed by atoms with Gasteiger partial charge in [0.1, 0.15) is 5.82 Å². The third kappa shape index (κ3) is 3.14. The molecule has 2 rings (SSSR count). The predicted octanol–water partition coefficient (Wildman–Crippen LogP) is 0.867. The second kappa shape index (κ2) is 4.69. The van der Waals surface area contributed by atoms with Gasteiger partial charge in [0.2, 0.25) is 0 Å². The summed E-state index contributed by atoms with van der Waals surface area (Å²) in [5, 5.41) is 2.47. The molecule has 1 aromatic carbocycles. The maximum atomic E-state index is 13.5. The zero-order chi connectivity index (χ0) is 14.2. The molecule has 1 saturated carbocycles. The van der Waals surface area contributed by atoms with Crippen LogP contribution in [0.1, 0.15) is 18.4 Å². The number of anilines is 1. The Labute approximate surface area is 110 Å². The van der Waals surface area contributed by atoms with Crippen LogP contribution in [0, 0.1) is 12.7 Å². The number of hydrogen-bond acceptors (Lipinski definition) is 4. The summed E-state index contributed by atoms with van der Waals surface area (Å²) in [6.45, 7) is 1.31. The average molecular weight is 287 g/mol. The van der Waals surface area contributed by atoms with Gasteiger partial charge in [-0.05, 0) is 31.9 Å². The second-order valence-electron chi connectivity index (χ2n) is 4.48. The number of urea groups is 1. The van der Waals surface area contributed by atoms with Gasteiger partial charge in [0.25, 0.3) is 10.0 Å². The fourth-order valence-electron chi connectivity index (χ4n) is 1.57. The number of carbonyl (C=O) groups excluding carboxylic acids is 1. The predicted molar refractivity (Wildman–Crippen MR) is 67.4 cm³/mol. The van der Waals surface area contributed by atoms with Gasteiger partial charge in [-0.15, -0.1) is 0 Å². The lowest BCUT2D eigenvalue weighted by molar-refractivity contribution is 0.245. The lowest BCUT2D eigenvalue weighted by Crippen LogP contribution is -2.40. The fraction of sp³-hybridized carbons (Fsp3) is 0.364. The van der Waals surface area contributed by atoms with Gasteiger partial charge in [-0.2, -0.15) is 0 Å². The third-order valence-corrected chi connectivity index (χ3v) is 4.21. The number of carbonyl (C=O) groups is 1. The fourth-order valence-corrected chi connectivity index (χ4v) is 2.78. The molecule has 2 amide bonds. The topological polar surface area (TPSA) is 101 Å². The lowest BCUT2D eigenvalue weighted by atomic mass is 10.2. The van der Waals surface area contributed by atoms with E-state index in [1.165, 1.54) is 6.92 Å². The van der Waals surface area contributed by atoms with E-state index in [-0.39, 0.29) is 22.2 Å². The zero-order valence-corrected chi connectivity index (χ0v) is 11.1. The smallest absolute Gasteiger partial charge is 0.328 e. The van der Waals surface area contributed by atoms with Crippen molar-refractivity contribution in [2.24, 2.45) is 0 Å². The van der Waals surface area contributed by atoms with Crippen molar-refractivity contribution in [3.63, 3.8) is 0 Å². The van der Waals surface area contributed by atoms with Crippen molar-refractivity contribution in [1.29, 1.82) is 0 Å². The number of nitrogens with two attached hydrogens (primary N) is 1. The molecular formula is C11H14FN3O3S. The Hall–Kier alpha value is -1.83. The van der Waals surface area contributed by atoms with Crippen LogP contribution in [0.2, 0.25) is 0 Å². The Balaban J connectivity index is 2.25. The third-order valence-electron chi connectivity index (χ3n) is 2.75. The van der Waals surface area contributed by atoms with E-state index in [4.69, 9.17) is 5.73 Å². The summed E-state index contributed by atoms with van der Waals surface area (Å²) in [6, 6.07) is 1.35. The molecule has 0 saturated heterocycles. The molecule has 0 unspecified atom stereocenters. The first-order chi connectivity index (χ1) is 8.79. The van der Waals surface area contributed by atoms with Crippen molar-refractivity contribution < 1.29 is 17.6 Å². The zero-order valence-electron chi connectivity index (χ0n) is 10.2. The van der Waals surface area contributed by atoms with Gasteiger partial charge in [-0.1, -0.05) is 0 Å². The number of amides is 2. The Morgan fingerprint density at radius 3 is 2.63 bits per heavy atom. The highest BCUT2D eigenvalue weighted by atomic mass is 32.2. The van der Waals surface area contributed by atoms with E-state index in [9.17, 15) is 17.6 Å². The van der Waals surface area contributed by atoms with Crippen LogP contribution in [0.15, 0.2) is 17.0 Å². The molecule has 0 spiro atoms. The highest BCUT2D eigenvalue weighted by Crippen LogP contribution is 2.22. The van der Waals surface area contributed by atoms with Gasteiger partial charge in [0.05, 0.1) is 4.90 Å². The maximum Gasteiger partial charge on any atom is 0.328 e. The first-order valence-electron chi connectivity index (χ1n) is 5.68. The molecule has 8 heteroatoms. The van der Waals surface area contributed by atoms with E-state index < -0.39 is 21.9 Å². The minimum Gasteiger partial charge on any atom is -0.399 e. The molecule has 1 aromatic rings. The Bertz CT molecular complexity index is 626. The van der Waals surface area contributed by atoms with Crippen molar-refractivity contribution in [2.45, 2.75) is 30.7 Å². The summed E-state index contributed by atoms with van der Waals surface area (Å²) in [5.74, 6) is -0.733. The molecule has 0 aromatic heterocycles. The Kier molecular flexibility index (Phi) is 3.36. The normalized spacial score (nSPS) is 15.1. The summed E-state index contributed by atoms with van der Waals surface area (Å²) in [5.41, 5.74) is 5.31. The summed E-state index contributed by atoms with van der Waals surface area (Å²) in [4.78, 5) is 11.1. The largest absolute Gasteiger partial charge is 0.399 e. The summed E-state index contributed by atoms with van der Waals surface area (Å²) >= 11 is 0. The molecule has 104 valence electrons. The highest BCUT2D eigenvalue weighted by molar-refractivity contribution is 7.90. The number of nitrogens with one attached hydrogen (secondary N) is 2. The number of benzene rings is 1. The average Bonchev–Trinajstić information content (AvgIpc) is 3.05. The summed E-state index contributed by atoms with van der Waals surface area (Å²) < 4.78 is 39.2. The SMILES string of the molecule is Cc1c(F)cc(N)cc1S(=O)(=O)NC(=O)NC1CC1. The van der Waals surface area contributed by atoms with Crippen LogP contribution < -0.4 is 15.8 Å². The molecule has 0 atom stereocenters. The van der Waals surface area contributed by atoms with E-state index in [2.05, 4.69) is 5.32 Å². The van der Waals surface area contributed by atoms with Crippen molar-refractivity contribution in [3.8, 4) is 0 Å². The van der Waals surface area contributed by atoms with Crippen LogP contribution in [0.5, 0.6) is 0 Å². The minimum absolute atomic E-state index is 0.0221. The van der Waals surface area contributed by atoms with Gasteiger partial charge in [-0.25, -0.2) is 22.3 Å². The van der Waals surface area contributed by atoms with E-state index in [1.807, 2.05) is 4.72 Å². The molecule has 19 heavy (non-hydrogen) atoms. The van der Waals surface area contributed by atoms with Gasteiger partial charge >= 0.3 is 6.03 Å². The molecule has 1 fully saturated rings. The maximum absolute atomic E-state index is 13.5. The molecule has 0 aliphatic heterocycles. The van der Waals surface area contributed by atoms with Crippen molar-refractivity contribution in [3.05, 3.63) is 23.5 Å². The molecule has 1 aliphatic rings. The molecule has 4 N–H and O–H groups in total. The second-order valence-corrected chi connectivity index (χ2v) is 6.13. The van der Waals surface area contributed by atoms with Crippen LogP contribution in [-0.2, 0) is 10.0 Å². The van der Waals surface area contributed by atoms with Gasteiger partial charge in [0.15, 0.2) is 0 Å². The first-order valence-corrected chi connectivity index (χ1v) is 7.17. The molecule has 0 bridgehead atoms. The van der Waals surface area contributed by atoms with E-state index in [1.54, 1.807) is 0 Å². The minimum atomic E-state index is -4.14. The standard InChI is InChI=1S/C11H14FN3O3S/c1-6-9(12)4-7(13)5-10(6)19(17,18)15-11(16)14-8-2-3-8/h4-5,8H,2-3,13H2,1H3,(H2,14,15,16). The van der Waals surface area contributed by atoms with Crippen LogP contribution in [0.25, 0.3) is 0 Å². The number of nitrogen functional groups attached to an aromatic ring is 1. The molecule has 6 nitrogen and oxygen atoms in total. The van der Waals surface area contributed by atoms with E-state index in [0.29, 0.717) is 0 Å². The van der Waals surface area contributed by atoms with E-state index >= 15 is 0 Å². The van der Waals surface area contributed by atoms with Gasteiger partial charge in [-0.3, -0.25) is 0 Å². The lowest BCUT2D eigenvalue weighted by Gasteiger charge is -2.11. The number of rotatable bonds is 3. The molecular weight excluding hydrogens is 273 g/mol. The van der Waals surface area contributed by atoms with Crippen LogP contribution >= 0.6 is 0 Å². The monoisotopic (exact) mass is 287 g/mol. The van der Waals surface area contributed by atoms with Crippen molar-refractivity contribution in [2.75, 3.05) is 5.73 Å². The summed E-state index contributed by atoms with van der Waals surface area (Å²) in [6.07, 6.45) is 1.67. The van der Waals surface area contributed by atoms with Gasteiger partial charge in [0, 0.05) is 17.3 Å². The Morgan fingerprint density at radius 2 is 2.05 bits per heavy atom. The van der Waals surface area contributed by atoms with Crippen LogP contribution in [0.4, 0.5) is 14.9 Å². The highest BCUT2D eigenvalue weighted by Gasteiger charge is 2.27. The molecule has 0 radical (unpaired) electrons. The number of sulfonamides is 1. The number of halogens is 1. The molecule has 1 aliphatic carbocycles. The summed E-state index contributed by atoms with van der Waals surface area (Å²) in [7, 11) is -4.14. The first kappa shape index (κ1) is 13.6. The number of hydrogen-bond donors (Lipinski definition) is 3. The van der Waals surface area contributed by atoms with E-state index in [0.717, 1.165) is 25.0 Å². The molecule has 0 heterocycles. The quantitative estimate of drug-likeness (QED) is 0.718. The van der Waals surface area contributed by atoms with Crippen LogP contribution in [-0.4, -0.2) is 20.5 Å². The van der Waals surface area contributed by atoms with Crippen molar-refractivity contribution in [1.82, 2.24) is 10.0 Å². The van der Waals surface area contributed by atoms with Crippen LogP contribution in [0.3, 0.4) is 0 Å². The van der Waals surface area contributed by atoms with Crippen molar-refractivity contribution >= 4 is 21.7 Å². The Morgan fingerprint density at radius 1 is 1.42 bits per heavy atom. The van der Waals surface area contributed by atoms with Gasteiger partial charge < -0.3 is 11.1 Å².